The number of pyridine rings is 1. The molecule has 2 aromatic heterocycles. The summed E-state index contributed by atoms with van der Waals surface area (Å²) in [6.45, 7) is 4.65. The van der Waals surface area contributed by atoms with Gasteiger partial charge in [0.2, 0.25) is 0 Å². The molecule has 0 amide bonds. The Balaban J connectivity index is 1.62. The lowest BCUT2D eigenvalue weighted by Gasteiger charge is -2.32. The third-order valence-electron chi connectivity index (χ3n) is 5.14. The van der Waals surface area contributed by atoms with Gasteiger partial charge in [-0.25, -0.2) is 15.0 Å². The Hall–Kier alpha value is -2.78. The third-order valence-corrected chi connectivity index (χ3v) is 5.14. The van der Waals surface area contributed by atoms with Gasteiger partial charge in [0.25, 0.3) is 0 Å². The second-order valence-electron chi connectivity index (χ2n) is 7.27. The number of hydrogen-bond donors (Lipinski definition) is 1. The number of nitrogens with zero attached hydrogens (tertiary/aromatic N) is 4. The van der Waals surface area contributed by atoms with Gasteiger partial charge in [-0.1, -0.05) is 18.2 Å². The maximum absolute atomic E-state index is 13.3. The summed E-state index contributed by atoms with van der Waals surface area (Å²) < 4.78 is 45.4. The molecule has 1 atom stereocenters. The lowest BCUT2D eigenvalue weighted by Crippen LogP contribution is -2.43. The van der Waals surface area contributed by atoms with E-state index < -0.39 is 11.7 Å². The fourth-order valence-corrected chi connectivity index (χ4v) is 3.52. The Morgan fingerprint density at radius 1 is 1.17 bits per heavy atom. The molecule has 1 aliphatic rings. The molecule has 0 aliphatic carbocycles. The van der Waals surface area contributed by atoms with Crippen LogP contribution in [0, 0.1) is 0 Å². The van der Waals surface area contributed by atoms with Crippen molar-refractivity contribution in [2.75, 3.05) is 25.1 Å². The van der Waals surface area contributed by atoms with Gasteiger partial charge in [0.1, 0.15) is 11.6 Å². The molecule has 6 nitrogen and oxygen atoms in total. The maximum atomic E-state index is 13.3. The Kier molecular flexibility index (Phi) is 5.83. The SMILES string of the molecule is CC1COCCN1Cc1nc(NCc2ccccc2C(F)(F)F)c2cccnc2n1. The van der Waals surface area contributed by atoms with Crippen molar-refractivity contribution in [2.45, 2.75) is 32.2 Å². The molecule has 0 bridgehead atoms. The fraction of sp³-hybridized carbons (Fsp3) is 0.381. The predicted molar refractivity (Wildman–Crippen MR) is 107 cm³/mol. The van der Waals surface area contributed by atoms with Crippen molar-refractivity contribution < 1.29 is 17.9 Å². The molecule has 4 rings (SSSR count). The monoisotopic (exact) mass is 417 g/mol. The maximum Gasteiger partial charge on any atom is 0.416 e. The lowest BCUT2D eigenvalue weighted by molar-refractivity contribution is -0.138. The molecule has 158 valence electrons. The number of morpholine rings is 1. The highest BCUT2D eigenvalue weighted by molar-refractivity contribution is 5.86. The minimum Gasteiger partial charge on any atom is -0.379 e. The quantitative estimate of drug-likeness (QED) is 0.680. The number of rotatable bonds is 5. The van der Waals surface area contributed by atoms with E-state index in [0.29, 0.717) is 42.4 Å². The molecular weight excluding hydrogens is 395 g/mol. The topological polar surface area (TPSA) is 63.2 Å². The molecule has 1 aliphatic heterocycles. The molecule has 0 spiro atoms. The van der Waals surface area contributed by atoms with E-state index in [2.05, 4.69) is 32.1 Å². The van der Waals surface area contributed by atoms with Crippen LogP contribution in [-0.2, 0) is 24.0 Å². The van der Waals surface area contributed by atoms with Crippen LogP contribution in [0.1, 0.15) is 23.9 Å². The summed E-state index contributed by atoms with van der Waals surface area (Å²) in [5.74, 6) is 1.04. The average molecular weight is 417 g/mol. The average Bonchev–Trinajstić information content (AvgIpc) is 2.73. The number of anilines is 1. The Bertz CT molecular complexity index is 1030. The smallest absolute Gasteiger partial charge is 0.379 e. The summed E-state index contributed by atoms with van der Waals surface area (Å²) in [6.07, 6.45) is -2.77. The second-order valence-corrected chi connectivity index (χ2v) is 7.27. The van der Waals surface area contributed by atoms with Crippen LogP contribution in [0.25, 0.3) is 11.0 Å². The van der Waals surface area contributed by atoms with Crippen LogP contribution in [0.2, 0.25) is 0 Å². The highest BCUT2D eigenvalue weighted by atomic mass is 19.4. The summed E-state index contributed by atoms with van der Waals surface area (Å²) in [5, 5.41) is 3.74. The Morgan fingerprint density at radius 3 is 2.80 bits per heavy atom. The molecule has 1 unspecified atom stereocenters. The molecule has 9 heteroatoms. The highest BCUT2D eigenvalue weighted by Gasteiger charge is 2.32. The van der Waals surface area contributed by atoms with E-state index in [1.165, 1.54) is 12.1 Å². The molecule has 1 aromatic carbocycles. The van der Waals surface area contributed by atoms with E-state index in [0.717, 1.165) is 12.6 Å². The first-order valence-corrected chi connectivity index (χ1v) is 9.74. The zero-order chi connectivity index (χ0) is 21.1. The van der Waals surface area contributed by atoms with Crippen LogP contribution in [0.15, 0.2) is 42.6 Å². The number of fused-ring (bicyclic) bond motifs is 1. The summed E-state index contributed by atoms with van der Waals surface area (Å²) in [5.41, 5.74) is 0.00961. The Labute approximate surface area is 172 Å². The lowest BCUT2D eigenvalue weighted by atomic mass is 10.1. The number of halogens is 3. The van der Waals surface area contributed by atoms with Crippen molar-refractivity contribution in [2.24, 2.45) is 0 Å². The van der Waals surface area contributed by atoms with Crippen molar-refractivity contribution >= 4 is 16.9 Å². The van der Waals surface area contributed by atoms with Crippen LogP contribution < -0.4 is 5.32 Å². The number of benzene rings is 1. The van der Waals surface area contributed by atoms with E-state index in [1.807, 2.05) is 6.07 Å². The van der Waals surface area contributed by atoms with Gasteiger partial charge in [0.15, 0.2) is 5.65 Å². The summed E-state index contributed by atoms with van der Waals surface area (Å²) in [4.78, 5) is 15.7. The van der Waals surface area contributed by atoms with Crippen molar-refractivity contribution in [3.63, 3.8) is 0 Å². The fourth-order valence-electron chi connectivity index (χ4n) is 3.52. The van der Waals surface area contributed by atoms with Gasteiger partial charge in [-0.3, -0.25) is 4.90 Å². The van der Waals surface area contributed by atoms with Crippen molar-refractivity contribution in [1.82, 2.24) is 19.9 Å². The van der Waals surface area contributed by atoms with Gasteiger partial charge in [-0.15, -0.1) is 0 Å². The molecule has 1 N–H and O–H groups in total. The van der Waals surface area contributed by atoms with Crippen LogP contribution in [0.3, 0.4) is 0 Å². The first-order chi connectivity index (χ1) is 14.4. The van der Waals surface area contributed by atoms with Crippen LogP contribution in [-0.4, -0.2) is 45.7 Å². The summed E-state index contributed by atoms with van der Waals surface area (Å²) >= 11 is 0. The summed E-state index contributed by atoms with van der Waals surface area (Å²) in [6, 6.07) is 9.33. The van der Waals surface area contributed by atoms with E-state index in [9.17, 15) is 13.2 Å². The number of hydrogen-bond acceptors (Lipinski definition) is 6. The number of alkyl halides is 3. The molecular formula is C21H22F3N5O. The van der Waals surface area contributed by atoms with E-state index >= 15 is 0 Å². The predicted octanol–water partition coefficient (Wildman–Crippen LogP) is 3.88. The first-order valence-electron chi connectivity index (χ1n) is 9.74. The zero-order valence-electron chi connectivity index (χ0n) is 16.5. The molecule has 1 saturated heterocycles. The van der Waals surface area contributed by atoms with E-state index in [-0.39, 0.29) is 18.2 Å². The number of nitrogens with one attached hydrogen (secondary N) is 1. The van der Waals surface area contributed by atoms with Gasteiger partial charge >= 0.3 is 6.18 Å². The van der Waals surface area contributed by atoms with Crippen molar-refractivity contribution in [1.29, 1.82) is 0 Å². The third kappa shape index (κ3) is 4.52. The summed E-state index contributed by atoms with van der Waals surface area (Å²) in [7, 11) is 0. The van der Waals surface area contributed by atoms with Crippen LogP contribution in [0.4, 0.5) is 19.0 Å². The molecule has 30 heavy (non-hydrogen) atoms. The van der Waals surface area contributed by atoms with Crippen LogP contribution in [0.5, 0.6) is 0 Å². The van der Waals surface area contributed by atoms with Crippen molar-refractivity contribution in [3.8, 4) is 0 Å². The molecule has 3 aromatic rings. The Morgan fingerprint density at radius 2 is 2.00 bits per heavy atom. The minimum absolute atomic E-state index is 0.00983. The van der Waals surface area contributed by atoms with Gasteiger partial charge in [-0.2, -0.15) is 13.2 Å². The minimum atomic E-state index is -4.41. The molecule has 1 fully saturated rings. The highest BCUT2D eigenvalue weighted by Crippen LogP contribution is 2.32. The number of ether oxygens (including phenoxy) is 1. The molecule has 0 saturated carbocycles. The second kappa shape index (κ2) is 8.53. The van der Waals surface area contributed by atoms with Gasteiger partial charge in [-0.05, 0) is 30.7 Å². The van der Waals surface area contributed by atoms with Crippen molar-refractivity contribution in [3.05, 3.63) is 59.5 Å². The van der Waals surface area contributed by atoms with E-state index in [1.54, 1.807) is 18.3 Å². The first kappa shape index (κ1) is 20.5. The van der Waals surface area contributed by atoms with Gasteiger partial charge in [0.05, 0.1) is 30.7 Å². The van der Waals surface area contributed by atoms with Crippen LogP contribution >= 0.6 is 0 Å². The number of aromatic nitrogens is 3. The zero-order valence-corrected chi connectivity index (χ0v) is 16.5. The normalized spacial score (nSPS) is 17.9. The van der Waals surface area contributed by atoms with Gasteiger partial charge < -0.3 is 10.1 Å². The van der Waals surface area contributed by atoms with E-state index in [4.69, 9.17) is 4.74 Å². The molecule has 3 heterocycles. The standard InChI is InChI=1S/C21H22F3N5O/c1-14-13-30-10-9-29(14)12-18-27-19-16(6-4-8-25-19)20(28-18)26-11-15-5-2-3-7-17(15)21(22,23)24/h2-8,14H,9-13H2,1H3,(H,25,26,27,28). The van der Waals surface area contributed by atoms with Gasteiger partial charge in [0, 0.05) is 25.3 Å². The largest absolute Gasteiger partial charge is 0.416 e. The molecule has 0 radical (unpaired) electrons.